The lowest BCUT2D eigenvalue weighted by atomic mass is 10.2. The molecule has 1 aliphatic rings. The highest BCUT2D eigenvalue weighted by atomic mass is 35.5. The molecule has 19 heavy (non-hydrogen) atoms. The third kappa shape index (κ3) is 3.18. The van der Waals surface area contributed by atoms with Crippen LogP contribution in [0.4, 0.5) is 5.69 Å². The van der Waals surface area contributed by atoms with Crippen molar-refractivity contribution in [1.82, 2.24) is 0 Å². The summed E-state index contributed by atoms with van der Waals surface area (Å²) in [5.41, 5.74) is 0.166. The first-order valence-corrected chi connectivity index (χ1v) is 6.39. The Balaban J connectivity index is 2.20. The van der Waals surface area contributed by atoms with Crippen LogP contribution in [0.15, 0.2) is 12.1 Å². The van der Waals surface area contributed by atoms with Crippen molar-refractivity contribution >= 4 is 40.8 Å². The lowest BCUT2D eigenvalue weighted by Gasteiger charge is -2.13. The molecule has 1 aromatic carbocycles. The van der Waals surface area contributed by atoms with E-state index in [2.05, 4.69) is 5.32 Å². The third-order valence-corrected chi connectivity index (χ3v) is 3.36. The molecule has 0 bridgehead atoms. The van der Waals surface area contributed by atoms with Crippen LogP contribution >= 0.6 is 23.2 Å². The first-order valence-electron chi connectivity index (χ1n) is 5.64. The van der Waals surface area contributed by atoms with Gasteiger partial charge in [-0.1, -0.05) is 23.2 Å². The normalized spacial score (nSPS) is 18.3. The first kappa shape index (κ1) is 14.1. The average molecular weight is 304 g/mol. The second kappa shape index (κ2) is 5.77. The molecule has 1 fully saturated rings. The number of nitrogens with one attached hydrogen (secondary N) is 1. The van der Waals surface area contributed by atoms with Gasteiger partial charge in [0.2, 0.25) is 0 Å². The van der Waals surface area contributed by atoms with Crippen molar-refractivity contribution in [2.75, 3.05) is 11.9 Å². The van der Waals surface area contributed by atoms with Gasteiger partial charge in [0.25, 0.3) is 5.91 Å². The topological polar surface area (TPSA) is 75.6 Å². The summed E-state index contributed by atoms with van der Waals surface area (Å²) in [6.07, 6.45) is 0.970. The molecule has 0 aromatic heterocycles. The molecule has 0 spiro atoms. The molecule has 0 aliphatic carbocycles. The van der Waals surface area contributed by atoms with Crippen LogP contribution in [-0.4, -0.2) is 29.7 Å². The Morgan fingerprint density at radius 3 is 2.42 bits per heavy atom. The monoisotopic (exact) mass is 303 g/mol. The Morgan fingerprint density at radius 2 is 1.95 bits per heavy atom. The van der Waals surface area contributed by atoms with Gasteiger partial charge in [0, 0.05) is 6.61 Å². The van der Waals surface area contributed by atoms with Crippen LogP contribution < -0.4 is 5.32 Å². The molecule has 1 atom stereocenters. The van der Waals surface area contributed by atoms with Gasteiger partial charge in [-0.15, -0.1) is 0 Å². The van der Waals surface area contributed by atoms with Crippen molar-refractivity contribution in [3.05, 3.63) is 27.7 Å². The summed E-state index contributed by atoms with van der Waals surface area (Å²) in [5, 5.41) is 11.6. The molecule has 1 saturated heterocycles. The number of hydrogen-bond acceptors (Lipinski definition) is 3. The summed E-state index contributed by atoms with van der Waals surface area (Å²) >= 11 is 11.9. The highest BCUT2D eigenvalue weighted by Crippen LogP contribution is 2.32. The number of benzene rings is 1. The van der Waals surface area contributed by atoms with Crippen LogP contribution in [0.25, 0.3) is 0 Å². The van der Waals surface area contributed by atoms with E-state index in [4.69, 9.17) is 33.0 Å². The Morgan fingerprint density at radius 1 is 1.32 bits per heavy atom. The zero-order chi connectivity index (χ0) is 14.0. The zero-order valence-corrected chi connectivity index (χ0v) is 11.3. The minimum absolute atomic E-state index is 0.0369. The number of ether oxygens (including phenoxy) is 1. The number of carbonyl (C=O) groups is 2. The number of carboxylic acid groups (broad SMARTS) is 1. The minimum atomic E-state index is -1.14. The van der Waals surface area contributed by atoms with Crippen molar-refractivity contribution in [3.8, 4) is 0 Å². The molecule has 0 unspecified atom stereocenters. The second-order valence-electron chi connectivity index (χ2n) is 4.11. The van der Waals surface area contributed by atoms with Gasteiger partial charge in [-0.3, -0.25) is 4.79 Å². The van der Waals surface area contributed by atoms with E-state index < -0.39 is 12.1 Å². The van der Waals surface area contributed by atoms with Crippen molar-refractivity contribution in [1.29, 1.82) is 0 Å². The number of rotatable bonds is 3. The van der Waals surface area contributed by atoms with Gasteiger partial charge in [-0.2, -0.15) is 0 Å². The van der Waals surface area contributed by atoms with Crippen LogP contribution in [0.2, 0.25) is 10.0 Å². The third-order valence-electron chi connectivity index (χ3n) is 2.76. The molecule has 1 heterocycles. The number of amides is 1. The molecule has 2 rings (SSSR count). The Hall–Kier alpha value is -1.30. The van der Waals surface area contributed by atoms with Gasteiger partial charge >= 0.3 is 5.97 Å². The zero-order valence-electron chi connectivity index (χ0n) is 9.78. The van der Waals surface area contributed by atoms with E-state index in [-0.39, 0.29) is 27.2 Å². The lowest BCUT2D eigenvalue weighted by Crippen LogP contribution is -2.27. The number of anilines is 1. The van der Waals surface area contributed by atoms with Crippen molar-refractivity contribution in [3.63, 3.8) is 0 Å². The molecule has 2 N–H and O–H groups in total. The number of halogens is 2. The Kier molecular flexibility index (Phi) is 4.29. The smallest absolute Gasteiger partial charge is 0.335 e. The van der Waals surface area contributed by atoms with Gasteiger partial charge in [-0.05, 0) is 25.0 Å². The van der Waals surface area contributed by atoms with Crippen molar-refractivity contribution < 1.29 is 19.4 Å². The molecule has 7 heteroatoms. The molecule has 0 radical (unpaired) electrons. The summed E-state index contributed by atoms with van der Waals surface area (Å²) < 4.78 is 5.24. The highest BCUT2D eigenvalue weighted by molar-refractivity contribution is 6.40. The number of aromatic carboxylic acids is 1. The maximum absolute atomic E-state index is 11.9. The van der Waals surface area contributed by atoms with Crippen LogP contribution in [0.3, 0.4) is 0 Å². The van der Waals surface area contributed by atoms with Gasteiger partial charge < -0.3 is 15.2 Å². The summed E-state index contributed by atoms with van der Waals surface area (Å²) in [6.45, 7) is 0.553. The molecule has 1 aromatic rings. The lowest BCUT2D eigenvalue weighted by molar-refractivity contribution is -0.124. The molecular formula is C12H11Cl2NO4. The summed E-state index contributed by atoms with van der Waals surface area (Å²) in [4.78, 5) is 22.7. The first-order chi connectivity index (χ1) is 8.99. The van der Waals surface area contributed by atoms with Crippen LogP contribution in [0.5, 0.6) is 0 Å². The fraction of sp³-hybridized carbons (Fsp3) is 0.333. The van der Waals surface area contributed by atoms with E-state index in [1.54, 1.807) is 0 Å². The summed E-state index contributed by atoms with van der Waals surface area (Å²) in [7, 11) is 0. The molecule has 1 amide bonds. The molecule has 0 saturated carbocycles. The highest BCUT2D eigenvalue weighted by Gasteiger charge is 2.25. The molecule has 5 nitrogen and oxygen atoms in total. The van der Waals surface area contributed by atoms with E-state index in [1.165, 1.54) is 12.1 Å². The predicted octanol–water partition coefficient (Wildman–Crippen LogP) is 2.81. The van der Waals surface area contributed by atoms with Gasteiger partial charge in [0.1, 0.15) is 6.10 Å². The molecular weight excluding hydrogens is 293 g/mol. The Bertz CT molecular complexity index is 503. The Labute approximate surface area is 119 Å². The minimum Gasteiger partial charge on any atom is -0.478 e. The summed E-state index contributed by atoms with van der Waals surface area (Å²) in [5.74, 6) is -1.47. The second-order valence-corrected chi connectivity index (χ2v) is 4.93. The quantitative estimate of drug-likeness (QED) is 0.900. The molecule has 1 aliphatic heterocycles. The van der Waals surface area contributed by atoms with Crippen LogP contribution in [-0.2, 0) is 9.53 Å². The van der Waals surface area contributed by atoms with Crippen LogP contribution in [0.1, 0.15) is 23.2 Å². The average Bonchev–Trinajstić information content (AvgIpc) is 2.86. The largest absolute Gasteiger partial charge is 0.478 e. The maximum atomic E-state index is 11.9. The van der Waals surface area contributed by atoms with E-state index >= 15 is 0 Å². The molecule has 102 valence electrons. The predicted molar refractivity (Wildman–Crippen MR) is 71.0 cm³/mol. The van der Waals surface area contributed by atoms with Crippen molar-refractivity contribution in [2.24, 2.45) is 0 Å². The SMILES string of the molecule is O=C(O)c1cc(Cl)c(NC(=O)[C@@H]2CCCO2)c(Cl)c1. The fourth-order valence-corrected chi connectivity index (χ4v) is 2.39. The van der Waals surface area contributed by atoms with Crippen molar-refractivity contribution in [2.45, 2.75) is 18.9 Å². The van der Waals surface area contributed by atoms with Crippen LogP contribution in [0, 0.1) is 0 Å². The van der Waals surface area contributed by atoms with E-state index in [9.17, 15) is 9.59 Å². The fourth-order valence-electron chi connectivity index (χ4n) is 1.80. The van der Waals surface area contributed by atoms with Gasteiger partial charge in [0.15, 0.2) is 0 Å². The van der Waals surface area contributed by atoms with E-state index in [0.29, 0.717) is 13.0 Å². The van der Waals surface area contributed by atoms with E-state index in [0.717, 1.165) is 6.42 Å². The standard InChI is InChI=1S/C12H11Cl2NO4/c13-7-4-6(12(17)18)5-8(14)10(7)15-11(16)9-2-1-3-19-9/h4-5,9H,1-3H2,(H,15,16)(H,17,18)/t9-/m0/s1. The number of carboxylic acids is 1. The summed E-state index contributed by atoms with van der Waals surface area (Å²) in [6, 6.07) is 2.47. The van der Waals surface area contributed by atoms with Gasteiger partial charge in [0.05, 0.1) is 21.3 Å². The number of carbonyl (C=O) groups excluding carboxylic acids is 1. The van der Waals surface area contributed by atoms with Gasteiger partial charge in [-0.25, -0.2) is 4.79 Å². The van der Waals surface area contributed by atoms with E-state index in [1.807, 2.05) is 0 Å². The maximum Gasteiger partial charge on any atom is 0.335 e. The number of hydrogen-bond donors (Lipinski definition) is 2.